The van der Waals surface area contributed by atoms with E-state index in [4.69, 9.17) is 5.26 Å². The Morgan fingerprint density at radius 1 is 1.64 bits per heavy atom. The molecule has 0 spiro atoms. The Kier molecular flexibility index (Phi) is 4.37. The van der Waals surface area contributed by atoms with Gasteiger partial charge in [-0.15, -0.1) is 0 Å². The molecule has 0 heterocycles. The van der Waals surface area contributed by atoms with E-state index in [-0.39, 0.29) is 6.61 Å². The van der Waals surface area contributed by atoms with E-state index < -0.39 is 24.2 Å². The second-order valence-corrected chi connectivity index (χ2v) is 2.32. The summed E-state index contributed by atoms with van der Waals surface area (Å²) >= 11 is 0. The Hall–Kier alpha value is -1.29. The maximum atomic E-state index is 11.8. The molecule has 0 rings (SSSR count). The molecule has 2 unspecified atom stereocenters. The van der Waals surface area contributed by atoms with Crippen LogP contribution in [-0.4, -0.2) is 24.9 Å². The predicted octanol–water partition coefficient (Wildman–Crippen LogP) is -0.0195. The minimum Gasteiger partial charge on any atom is -0.844 e. The fourth-order valence-corrected chi connectivity index (χ4v) is 0.665. The molecule has 0 aliphatic heterocycles. The summed E-state index contributed by atoms with van der Waals surface area (Å²) in [7, 11) is 0. The van der Waals surface area contributed by atoms with E-state index in [0.717, 1.165) is 6.07 Å². The van der Waals surface area contributed by atoms with Crippen LogP contribution in [0.15, 0.2) is 0 Å². The van der Waals surface area contributed by atoms with Gasteiger partial charge in [-0.1, -0.05) is 0 Å². The van der Waals surface area contributed by atoms with Crippen molar-refractivity contribution in [2.45, 2.75) is 19.2 Å². The zero-order valence-electron chi connectivity index (χ0n) is 7.17. The quantitative estimate of drug-likeness (QED) is 0.613. The van der Waals surface area contributed by atoms with Crippen LogP contribution in [0.2, 0.25) is 0 Å². The summed E-state index contributed by atoms with van der Waals surface area (Å²) in [6, 6.07) is 0.986. The summed E-state index contributed by atoms with van der Waals surface area (Å²) in [5, 5.41) is 18.8. The molecule has 0 aromatic heterocycles. The first-order valence-corrected chi connectivity index (χ1v) is 3.63. The van der Waals surface area contributed by atoms with E-state index in [1.807, 2.05) is 0 Å². The fourth-order valence-electron chi connectivity index (χ4n) is 0.665. The van der Waals surface area contributed by atoms with Crippen molar-refractivity contribution in [1.29, 1.82) is 5.26 Å². The van der Waals surface area contributed by atoms with Gasteiger partial charge in [0.15, 0.2) is 0 Å². The van der Waals surface area contributed by atoms with Gasteiger partial charge in [0.25, 0.3) is 0 Å². The van der Waals surface area contributed by atoms with Crippen LogP contribution in [0, 0.1) is 17.2 Å². The number of alkyl halides is 3. The van der Waals surface area contributed by atoms with Crippen molar-refractivity contribution < 1.29 is 27.8 Å². The third-order valence-electron chi connectivity index (χ3n) is 1.30. The number of ether oxygens (including phenoxy) is 1. The van der Waals surface area contributed by atoms with Crippen LogP contribution in [0.5, 0.6) is 0 Å². The van der Waals surface area contributed by atoms with Crippen molar-refractivity contribution in [2.24, 2.45) is 5.92 Å². The van der Waals surface area contributed by atoms with Crippen LogP contribution < -0.4 is 5.11 Å². The van der Waals surface area contributed by atoms with E-state index in [9.17, 15) is 23.1 Å². The van der Waals surface area contributed by atoms with Gasteiger partial charge < -0.3 is 9.84 Å². The molecule has 14 heavy (non-hydrogen) atoms. The molecule has 0 N–H and O–H groups in total. The lowest BCUT2D eigenvalue weighted by atomic mass is 10.0. The molecule has 0 saturated heterocycles. The van der Waals surface area contributed by atoms with E-state index in [2.05, 4.69) is 4.74 Å². The maximum absolute atomic E-state index is 11.8. The summed E-state index contributed by atoms with van der Waals surface area (Å²) < 4.78 is 39.6. The maximum Gasteiger partial charge on any atom is 0.378 e. The molecular formula is C7H7F3NO3-. The third kappa shape index (κ3) is 3.22. The van der Waals surface area contributed by atoms with Gasteiger partial charge >= 0.3 is 12.1 Å². The predicted molar refractivity (Wildman–Crippen MR) is 35.6 cm³/mol. The van der Waals surface area contributed by atoms with Gasteiger partial charge in [-0.2, -0.15) is 18.4 Å². The zero-order valence-corrected chi connectivity index (χ0v) is 7.17. The summed E-state index contributed by atoms with van der Waals surface area (Å²) in [5.74, 6) is -3.78. The molecule has 80 valence electrons. The van der Waals surface area contributed by atoms with Crippen LogP contribution in [0.1, 0.15) is 6.92 Å². The van der Waals surface area contributed by atoms with Crippen molar-refractivity contribution >= 4 is 5.97 Å². The standard InChI is InChI=1S/C7H7F3NO3/c1-2-14-6(13)4(3-11)5(12)7(8,9)10/h4-5H,2H2,1H3/q-1. The van der Waals surface area contributed by atoms with Gasteiger partial charge in [0, 0.05) is 0 Å². The lowest BCUT2D eigenvalue weighted by Crippen LogP contribution is -2.49. The molecule has 0 aliphatic carbocycles. The molecule has 0 fully saturated rings. The zero-order chi connectivity index (χ0) is 11.4. The number of halogens is 3. The van der Waals surface area contributed by atoms with Crippen LogP contribution in [0.3, 0.4) is 0 Å². The molecular weight excluding hydrogens is 203 g/mol. The molecule has 4 nitrogen and oxygen atoms in total. The number of carbonyl (C=O) groups is 1. The highest BCUT2D eigenvalue weighted by Crippen LogP contribution is 2.24. The van der Waals surface area contributed by atoms with Crippen molar-refractivity contribution in [3.8, 4) is 6.07 Å². The Morgan fingerprint density at radius 2 is 2.14 bits per heavy atom. The molecule has 0 amide bonds. The normalized spacial score (nSPS) is 15.4. The highest BCUT2D eigenvalue weighted by Gasteiger charge is 2.40. The van der Waals surface area contributed by atoms with Gasteiger partial charge in [-0.05, 0) is 13.0 Å². The number of nitrogens with zero attached hydrogens (tertiary/aromatic N) is 1. The number of carbonyl (C=O) groups excluding carboxylic acids is 1. The largest absolute Gasteiger partial charge is 0.844 e. The van der Waals surface area contributed by atoms with Crippen LogP contribution in [-0.2, 0) is 9.53 Å². The molecule has 0 aromatic carbocycles. The monoisotopic (exact) mass is 210 g/mol. The minimum atomic E-state index is -5.12. The molecule has 0 aromatic rings. The molecule has 0 radical (unpaired) electrons. The minimum absolute atomic E-state index is 0.179. The topological polar surface area (TPSA) is 73.2 Å². The summed E-state index contributed by atoms with van der Waals surface area (Å²) in [4.78, 5) is 10.7. The smallest absolute Gasteiger partial charge is 0.378 e. The number of nitriles is 1. The van der Waals surface area contributed by atoms with Crippen molar-refractivity contribution in [3.05, 3.63) is 0 Å². The fraction of sp³-hybridized carbons (Fsp3) is 0.714. The number of rotatable bonds is 3. The average Bonchev–Trinajstić information content (AvgIpc) is 2.04. The first-order valence-electron chi connectivity index (χ1n) is 3.63. The molecule has 2 atom stereocenters. The van der Waals surface area contributed by atoms with Crippen LogP contribution in [0.4, 0.5) is 13.2 Å². The summed E-state index contributed by atoms with van der Waals surface area (Å²) in [6.45, 7) is 1.18. The van der Waals surface area contributed by atoms with Gasteiger partial charge in [0.1, 0.15) is 5.92 Å². The SMILES string of the molecule is CCOC(=O)C(C#N)C([O-])C(F)(F)F. The van der Waals surface area contributed by atoms with E-state index in [0.29, 0.717) is 0 Å². The Bertz CT molecular complexity index is 246. The lowest BCUT2D eigenvalue weighted by Gasteiger charge is -2.27. The number of hydrogen-bond donors (Lipinski definition) is 0. The molecule has 0 aliphatic rings. The molecule has 7 heteroatoms. The van der Waals surface area contributed by atoms with Crippen molar-refractivity contribution in [3.63, 3.8) is 0 Å². The Balaban J connectivity index is 4.59. The Morgan fingerprint density at radius 3 is 2.43 bits per heavy atom. The second kappa shape index (κ2) is 4.81. The summed E-state index contributed by atoms with van der Waals surface area (Å²) in [6.07, 6.45) is -8.38. The average molecular weight is 210 g/mol. The van der Waals surface area contributed by atoms with E-state index in [1.54, 1.807) is 0 Å². The first-order chi connectivity index (χ1) is 6.34. The van der Waals surface area contributed by atoms with Gasteiger partial charge in [0.2, 0.25) is 0 Å². The lowest BCUT2D eigenvalue weighted by molar-refractivity contribution is -0.486. The van der Waals surface area contributed by atoms with Crippen LogP contribution in [0.25, 0.3) is 0 Å². The first kappa shape index (κ1) is 12.7. The van der Waals surface area contributed by atoms with Gasteiger partial charge in [0.05, 0.1) is 12.7 Å². The second-order valence-electron chi connectivity index (χ2n) is 2.32. The number of hydrogen-bond acceptors (Lipinski definition) is 4. The van der Waals surface area contributed by atoms with Gasteiger partial charge in [-0.3, -0.25) is 4.79 Å². The third-order valence-corrected chi connectivity index (χ3v) is 1.30. The van der Waals surface area contributed by atoms with Gasteiger partial charge in [-0.25, -0.2) is 0 Å². The Labute approximate surface area is 77.9 Å². The van der Waals surface area contributed by atoms with Crippen molar-refractivity contribution in [1.82, 2.24) is 0 Å². The van der Waals surface area contributed by atoms with E-state index >= 15 is 0 Å². The highest BCUT2D eigenvalue weighted by molar-refractivity contribution is 5.75. The number of esters is 1. The van der Waals surface area contributed by atoms with Crippen LogP contribution >= 0.6 is 0 Å². The summed E-state index contributed by atoms with van der Waals surface area (Å²) in [5.41, 5.74) is 0. The van der Waals surface area contributed by atoms with Crippen molar-refractivity contribution in [2.75, 3.05) is 6.61 Å². The van der Waals surface area contributed by atoms with E-state index in [1.165, 1.54) is 6.92 Å². The molecule has 0 saturated carbocycles. The highest BCUT2D eigenvalue weighted by atomic mass is 19.4. The molecule has 0 bridgehead atoms.